The summed E-state index contributed by atoms with van der Waals surface area (Å²) in [7, 11) is 0. The lowest BCUT2D eigenvalue weighted by molar-refractivity contribution is -0.140. The topological polar surface area (TPSA) is 55.6 Å². The SMILES string of the molecule is CCCOC(=O)C(=CN)N1CCCC1. The summed E-state index contributed by atoms with van der Waals surface area (Å²) in [5.74, 6) is -0.295. The zero-order valence-corrected chi connectivity index (χ0v) is 8.66. The molecule has 0 spiro atoms. The molecule has 4 heteroatoms. The maximum Gasteiger partial charge on any atom is 0.356 e. The monoisotopic (exact) mass is 198 g/mol. The zero-order chi connectivity index (χ0) is 10.4. The molecule has 0 saturated carbocycles. The second-order valence-electron chi connectivity index (χ2n) is 3.38. The summed E-state index contributed by atoms with van der Waals surface area (Å²) in [4.78, 5) is 13.5. The van der Waals surface area contributed by atoms with Gasteiger partial charge in [0.25, 0.3) is 0 Å². The first kappa shape index (κ1) is 10.9. The smallest absolute Gasteiger partial charge is 0.356 e. The molecule has 4 nitrogen and oxygen atoms in total. The largest absolute Gasteiger partial charge is 0.461 e. The van der Waals surface area contributed by atoms with Gasteiger partial charge in [-0.25, -0.2) is 4.79 Å². The molecular formula is C10H18N2O2. The molecule has 2 N–H and O–H groups in total. The van der Waals surface area contributed by atoms with Crippen molar-refractivity contribution in [2.45, 2.75) is 26.2 Å². The molecule has 1 aliphatic heterocycles. The lowest BCUT2D eigenvalue weighted by atomic mass is 10.4. The number of carbonyl (C=O) groups is 1. The molecule has 0 aromatic heterocycles. The van der Waals surface area contributed by atoms with Crippen molar-refractivity contribution >= 4 is 5.97 Å². The number of hydrogen-bond donors (Lipinski definition) is 1. The van der Waals surface area contributed by atoms with Crippen molar-refractivity contribution in [3.63, 3.8) is 0 Å². The molecule has 0 bridgehead atoms. The summed E-state index contributed by atoms with van der Waals surface area (Å²) in [5.41, 5.74) is 5.93. The maximum atomic E-state index is 11.5. The van der Waals surface area contributed by atoms with Crippen LogP contribution in [-0.2, 0) is 9.53 Å². The van der Waals surface area contributed by atoms with Crippen molar-refractivity contribution in [3.8, 4) is 0 Å². The van der Waals surface area contributed by atoms with Crippen LogP contribution in [0.4, 0.5) is 0 Å². The highest BCUT2D eigenvalue weighted by Crippen LogP contribution is 2.14. The van der Waals surface area contributed by atoms with Gasteiger partial charge in [-0.3, -0.25) is 0 Å². The van der Waals surface area contributed by atoms with Gasteiger partial charge in [-0.1, -0.05) is 6.92 Å². The van der Waals surface area contributed by atoms with Gasteiger partial charge in [0.15, 0.2) is 0 Å². The summed E-state index contributed by atoms with van der Waals surface area (Å²) in [6.45, 7) is 4.24. The number of ether oxygens (including phenoxy) is 1. The van der Waals surface area contributed by atoms with Crippen LogP contribution in [-0.4, -0.2) is 30.6 Å². The Hall–Kier alpha value is -1.19. The van der Waals surface area contributed by atoms with Crippen molar-refractivity contribution in [2.24, 2.45) is 5.73 Å². The molecule has 1 heterocycles. The van der Waals surface area contributed by atoms with E-state index in [2.05, 4.69) is 0 Å². The number of carbonyl (C=O) groups excluding carboxylic acids is 1. The number of hydrogen-bond acceptors (Lipinski definition) is 4. The van der Waals surface area contributed by atoms with Crippen LogP contribution in [0.15, 0.2) is 11.9 Å². The summed E-state index contributed by atoms with van der Waals surface area (Å²) >= 11 is 0. The van der Waals surface area contributed by atoms with Gasteiger partial charge < -0.3 is 15.4 Å². The first-order chi connectivity index (χ1) is 6.79. The molecule has 0 aromatic carbocycles. The van der Waals surface area contributed by atoms with Crippen LogP contribution in [0.25, 0.3) is 0 Å². The minimum absolute atomic E-state index is 0.295. The molecule has 80 valence electrons. The molecule has 0 radical (unpaired) electrons. The van der Waals surface area contributed by atoms with Gasteiger partial charge in [-0.2, -0.15) is 0 Å². The Balaban J connectivity index is 2.48. The summed E-state index contributed by atoms with van der Waals surface area (Å²) in [5, 5.41) is 0. The average molecular weight is 198 g/mol. The molecule has 1 rings (SSSR count). The van der Waals surface area contributed by atoms with E-state index in [4.69, 9.17) is 10.5 Å². The van der Waals surface area contributed by atoms with Crippen LogP contribution < -0.4 is 5.73 Å². The Morgan fingerprint density at radius 1 is 1.50 bits per heavy atom. The lowest BCUT2D eigenvalue weighted by Gasteiger charge is -2.19. The first-order valence-corrected chi connectivity index (χ1v) is 5.13. The number of nitrogens with two attached hydrogens (primary N) is 1. The normalized spacial score (nSPS) is 17.2. The van der Waals surface area contributed by atoms with Crippen molar-refractivity contribution in [1.82, 2.24) is 4.90 Å². The summed E-state index contributed by atoms with van der Waals surface area (Å²) in [6.07, 6.45) is 4.43. The second kappa shape index (κ2) is 5.52. The van der Waals surface area contributed by atoms with Crippen molar-refractivity contribution in [2.75, 3.05) is 19.7 Å². The predicted octanol–water partition coefficient (Wildman–Crippen LogP) is 0.835. The highest BCUT2D eigenvalue weighted by atomic mass is 16.5. The number of rotatable bonds is 4. The minimum atomic E-state index is -0.295. The lowest BCUT2D eigenvalue weighted by Crippen LogP contribution is -2.27. The quantitative estimate of drug-likeness (QED) is 0.537. The highest BCUT2D eigenvalue weighted by Gasteiger charge is 2.21. The number of esters is 1. The third-order valence-electron chi connectivity index (χ3n) is 2.25. The van der Waals surface area contributed by atoms with E-state index in [9.17, 15) is 4.79 Å². The number of likely N-dealkylation sites (tertiary alicyclic amines) is 1. The third kappa shape index (κ3) is 2.65. The van der Waals surface area contributed by atoms with Gasteiger partial charge in [0.05, 0.1) is 6.61 Å². The summed E-state index contributed by atoms with van der Waals surface area (Å²) in [6, 6.07) is 0. The van der Waals surface area contributed by atoms with Gasteiger partial charge >= 0.3 is 5.97 Å². The molecule has 0 unspecified atom stereocenters. The van der Waals surface area contributed by atoms with Crippen LogP contribution in [0.1, 0.15) is 26.2 Å². The van der Waals surface area contributed by atoms with E-state index >= 15 is 0 Å². The minimum Gasteiger partial charge on any atom is -0.461 e. The fourth-order valence-electron chi connectivity index (χ4n) is 1.53. The molecule has 14 heavy (non-hydrogen) atoms. The molecule has 0 atom stereocenters. The Bertz CT molecular complexity index is 220. The number of nitrogens with zero attached hydrogens (tertiary/aromatic N) is 1. The van der Waals surface area contributed by atoms with Crippen molar-refractivity contribution in [3.05, 3.63) is 11.9 Å². The van der Waals surface area contributed by atoms with Crippen molar-refractivity contribution in [1.29, 1.82) is 0 Å². The standard InChI is InChI=1S/C10H18N2O2/c1-2-7-14-10(13)9(8-11)12-5-3-4-6-12/h8H,2-7,11H2,1H3. The van der Waals surface area contributed by atoms with Crippen LogP contribution in [0.2, 0.25) is 0 Å². The second-order valence-corrected chi connectivity index (χ2v) is 3.38. The van der Waals surface area contributed by atoms with Gasteiger partial charge in [0.1, 0.15) is 5.70 Å². The van der Waals surface area contributed by atoms with E-state index in [1.54, 1.807) is 0 Å². The van der Waals surface area contributed by atoms with E-state index in [0.717, 1.165) is 32.4 Å². The van der Waals surface area contributed by atoms with Crippen LogP contribution >= 0.6 is 0 Å². The maximum absolute atomic E-state index is 11.5. The molecule has 0 aliphatic carbocycles. The van der Waals surface area contributed by atoms with Crippen molar-refractivity contribution < 1.29 is 9.53 Å². The van der Waals surface area contributed by atoms with Gasteiger partial charge in [-0.15, -0.1) is 0 Å². The van der Waals surface area contributed by atoms with E-state index in [1.165, 1.54) is 6.20 Å². The molecular weight excluding hydrogens is 180 g/mol. The van der Waals surface area contributed by atoms with Gasteiger partial charge in [-0.05, 0) is 19.3 Å². The molecule has 0 aromatic rings. The van der Waals surface area contributed by atoms with E-state index < -0.39 is 0 Å². The summed E-state index contributed by atoms with van der Waals surface area (Å²) < 4.78 is 5.03. The predicted molar refractivity (Wildman–Crippen MR) is 54.3 cm³/mol. The Morgan fingerprint density at radius 2 is 2.14 bits per heavy atom. The fourth-order valence-corrected chi connectivity index (χ4v) is 1.53. The Labute approximate surface area is 84.7 Å². The van der Waals surface area contributed by atoms with E-state index in [1.807, 2.05) is 11.8 Å². The van der Waals surface area contributed by atoms with Crippen LogP contribution in [0, 0.1) is 0 Å². The Morgan fingerprint density at radius 3 is 2.64 bits per heavy atom. The fraction of sp³-hybridized carbons (Fsp3) is 0.700. The van der Waals surface area contributed by atoms with Gasteiger partial charge in [0, 0.05) is 19.3 Å². The third-order valence-corrected chi connectivity index (χ3v) is 2.25. The molecule has 1 aliphatic rings. The molecule has 1 fully saturated rings. The highest BCUT2D eigenvalue weighted by molar-refractivity contribution is 5.87. The van der Waals surface area contributed by atoms with Gasteiger partial charge in [0.2, 0.25) is 0 Å². The first-order valence-electron chi connectivity index (χ1n) is 5.13. The van der Waals surface area contributed by atoms with E-state index in [-0.39, 0.29) is 5.97 Å². The average Bonchev–Trinajstić information content (AvgIpc) is 2.69. The van der Waals surface area contributed by atoms with Crippen LogP contribution in [0.3, 0.4) is 0 Å². The van der Waals surface area contributed by atoms with Crippen LogP contribution in [0.5, 0.6) is 0 Å². The molecule has 0 amide bonds. The Kier molecular flexibility index (Phi) is 4.29. The molecule has 1 saturated heterocycles. The zero-order valence-electron chi connectivity index (χ0n) is 8.66. The van der Waals surface area contributed by atoms with E-state index in [0.29, 0.717) is 12.3 Å².